The van der Waals surface area contributed by atoms with Crippen molar-refractivity contribution in [3.8, 4) is 0 Å². The maximum absolute atomic E-state index is 6.05. The van der Waals surface area contributed by atoms with Gasteiger partial charge in [0.15, 0.2) is 0 Å². The molecule has 0 atom stereocenters. The second-order valence-corrected chi connectivity index (χ2v) is 3.78. The van der Waals surface area contributed by atoms with Gasteiger partial charge in [0.1, 0.15) is 5.82 Å². The van der Waals surface area contributed by atoms with Crippen LogP contribution in [0.3, 0.4) is 0 Å². The van der Waals surface area contributed by atoms with Crippen LogP contribution in [0.4, 0.5) is 5.82 Å². The minimum Gasteiger partial charge on any atom is -0.370 e. The van der Waals surface area contributed by atoms with Gasteiger partial charge in [-0.05, 0) is 31.5 Å². The third-order valence-corrected chi connectivity index (χ3v) is 2.38. The lowest BCUT2D eigenvalue weighted by molar-refractivity contribution is 0.675. The number of anilines is 1. The zero-order valence-electron chi connectivity index (χ0n) is 9.31. The summed E-state index contributed by atoms with van der Waals surface area (Å²) in [6, 6.07) is 1.99. The number of nitrogens with one attached hydrogen (secondary N) is 2. The van der Waals surface area contributed by atoms with Gasteiger partial charge in [0.2, 0.25) is 0 Å². The summed E-state index contributed by atoms with van der Waals surface area (Å²) in [6.07, 6.45) is 2.82. The summed E-state index contributed by atoms with van der Waals surface area (Å²) < 4.78 is 0. The summed E-state index contributed by atoms with van der Waals surface area (Å²) in [7, 11) is 0. The SMILES string of the molecule is CCCNCc1cc(NCC)ncc1Cl. The highest BCUT2D eigenvalue weighted by atomic mass is 35.5. The predicted octanol–water partition coefficient (Wildman–Crippen LogP) is 2.67. The van der Waals surface area contributed by atoms with Crippen LogP contribution in [-0.2, 0) is 6.54 Å². The van der Waals surface area contributed by atoms with Crippen molar-refractivity contribution in [2.75, 3.05) is 18.4 Å². The Hall–Kier alpha value is -0.800. The number of nitrogens with zero attached hydrogens (tertiary/aromatic N) is 1. The van der Waals surface area contributed by atoms with Crippen molar-refractivity contribution < 1.29 is 0 Å². The van der Waals surface area contributed by atoms with Gasteiger partial charge in [-0.2, -0.15) is 0 Å². The van der Waals surface area contributed by atoms with Gasteiger partial charge in [0.05, 0.1) is 5.02 Å². The molecule has 84 valence electrons. The molecule has 2 N–H and O–H groups in total. The van der Waals surface area contributed by atoms with E-state index >= 15 is 0 Å². The Balaban J connectivity index is 2.63. The molecular formula is C11H18ClN3. The van der Waals surface area contributed by atoms with Gasteiger partial charge in [0, 0.05) is 19.3 Å². The lowest BCUT2D eigenvalue weighted by atomic mass is 10.2. The van der Waals surface area contributed by atoms with E-state index in [4.69, 9.17) is 11.6 Å². The fourth-order valence-corrected chi connectivity index (χ4v) is 1.46. The first kappa shape index (κ1) is 12.3. The van der Waals surface area contributed by atoms with Gasteiger partial charge in [0.25, 0.3) is 0 Å². The molecule has 4 heteroatoms. The average Bonchev–Trinajstić information content (AvgIpc) is 2.23. The number of halogens is 1. The van der Waals surface area contributed by atoms with Crippen LogP contribution >= 0.6 is 11.6 Å². The summed E-state index contributed by atoms with van der Waals surface area (Å²) in [5.41, 5.74) is 1.09. The molecule has 0 aliphatic rings. The molecule has 0 saturated carbocycles. The van der Waals surface area contributed by atoms with Crippen LogP contribution in [0.25, 0.3) is 0 Å². The van der Waals surface area contributed by atoms with Crippen LogP contribution < -0.4 is 10.6 Å². The fraction of sp³-hybridized carbons (Fsp3) is 0.545. The second-order valence-electron chi connectivity index (χ2n) is 3.37. The summed E-state index contributed by atoms with van der Waals surface area (Å²) >= 11 is 6.05. The molecule has 1 rings (SSSR count). The lowest BCUT2D eigenvalue weighted by Crippen LogP contribution is -2.14. The number of aromatic nitrogens is 1. The van der Waals surface area contributed by atoms with Gasteiger partial charge in [-0.15, -0.1) is 0 Å². The fourth-order valence-electron chi connectivity index (χ4n) is 1.29. The van der Waals surface area contributed by atoms with E-state index in [9.17, 15) is 0 Å². The largest absolute Gasteiger partial charge is 0.370 e. The smallest absolute Gasteiger partial charge is 0.126 e. The van der Waals surface area contributed by atoms with Crippen LogP contribution in [0.5, 0.6) is 0 Å². The maximum Gasteiger partial charge on any atom is 0.126 e. The Morgan fingerprint density at radius 2 is 2.20 bits per heavy atom. The average molecular weight is 228 g/mol. The molecule has 0 amide bonds. The lowest BCUT2D eigenvalue weighted by Gasteiger charge is -2.08. The van der Waals surface area contributed by atoms with Crippen molar-refractivity contribution in [3.63, 3.8) is 0 Å². The highest BCUT2D eigenvalue weighted by Gasteiger charge is 2.02. The topological polar surface area (TPSA) is 37.0 Å². The van der Waals surface area contributed by atoms with Crippen molar-refractivity contribution in [3.05, 3.63) is 22.8 Å². The molecule has 1 aromatic heterocycles. The molecule has 0 bridgehead atoms. The predicted molar refractivity (Wildman–Crippen MR) is 65.4 cm³/mol. The van der Waals surface area contributed by atoms with Gasteiger partial charge >= 0.3 is 0 Å². The van der Waals surface area contributed by atoms with Gasteiger partial charge in [-0.1, -0.05) is 18.5 Å². The molecule has 1 heterocycles. The summed E-state index contributed by atoms with van der Waals surface area (Å²) in [6.45, 7) is 6.87. The zero-order chi connectivity index (χ0) is 11.1. The quantitative estimate of drug-likeness (QED) is 0.734. The van der Waals surface area contributed by atoms with Crippen LogP contribution in [-0.4, -0.2) is 18.1 Å². The van der Waals surface area contributed by atoms with Gasteiger partial charge < -0.3 is 10.6 Å². The molecule has 0 spiro atoms. The van der Waals surface area contributed by atoms with Crippen molar-refractivity contribution in [2.45, 2.75) is 26.8 Å². The van der Waals surface area contributed by atoms with Crippen molar-refractivity contribution >= 4 is 17.4 Å². The molecule has 0 radical (unpaired) electrons. The Morgan fingerprint density at radius 3 is 2.87 bits per heavy atom. The Kier molecular flexibility index (Phi) is 5.43. The molecule has 0 unspecified atom stereocenters. The standard InChI is InChI=1S/C11H18ClN3/c1-3-5-13-7-9-6-11(14-4-2)15-8-10(9)12/h6,8,13H,3-5,7H2,1-2H3,(H,14,15). The Labute approximate surface area is 96.2 Å². The summed E-state index contributed by atoms with van der Waals surface area (Å²) in [4.78, 5) is 4.19. The molecule has 0 fully saturated rings. The maximum atomic E-state index is 6.05. The van der Waals surface area contributed by atoms with E-state index in [0.717, 1.165) is 42.5 Å². The molecular weight excluding hydrogens is 210 g/mol. The van der Waals surface area contributed by atoms with Gasteiger partial charge in [-0.3, -0.25) is 0 Å². The van der Waals surface area contributed by atoms with Crippen molar-refractivity contribution in [1.82, 2.24) is 10.3 Å². The van der Waals surface area contributed by atoms with Crippen LogP contribution in [0.15, 0.2) is 12.3 Å². The van der Waals surface area contributed by atoms with E-state index in [-0.39, 0.29) is 0 Å². The van der Waals surface area contributed by atoms with Crippen LogP contribution in [0.1, 0.15) is 25.8 Å². The minimum absolute atomic E-state index is 0.722. The number of pyridine rings is 1. The number of hydrogen-bond acceptors (Lipinski definition) is 3. The molecule has 15 heavy (non-hydrogen) atoms. The zero-order valence-corrected chi connectivity index (χ0v) is 10.1. The van der Waals surface area contributed by atoms with Gasteiger partial charge in [-0.25, -0.2) is 4.98 Å². The summed E-state index contributed by atoms with van der Waals surface area (Å²) in [5.74, 6) is 0.884. The highest BCUT2D eigenvalue weighted by molar-refractivity contribution is 6.31. The third kappa shape index (κ3) is 4.06. The number of hydrogen-bond donors (Lipinski definition) is 2. The molecule has 3 nitrogen and oxygen atoms in total. The van der Waals surface area contributed by atoms with E-state index in [1.165, 1.54) is 0 Å². The minimum atomic E-state index is 0.722. The summed E-state index contributed by atoms with van der Waals surface area (Å²) in [5, 5.41) is 7.21. The Bertz CT molecular complexity index is 302. The first-order valence-electron chi connectivity index (χ1n) is 5.37. The molecule has 0 aromatic carbocycles. The first-order chi connectivity index (χ1) is 7.27. The van der Waals surface area contributed by atoms with Crippen LogP contribution in [0.2, 0.25) is 5.02 Å². The van der Waals surface area contributed by atoms with E-state index in [0.29, 0.717) is 0 Å². The second kappa shape index (κ2) is 6.64. The van der Waals surface area contributed by atoms with Crippen molar-refractivity contribution in [2.24, 2.45) is 0 Å². The number of rotatable bonds is 6. The van der Waals surface area contributed by atoms with Crippen LogP contribution in [0, 0.1) is 0 Å². The van der Waals surface area contributed by atoms with E-state index in [1.807, 2.05) is 13.0 Å². The normalized spacial score (nSPS) is 10.3. The molecule has 0 aliphatic carbocycles. The monoisotopic (exact) mass is 227 g/mol. The molecule has 0 saturated heterocycles. The van der Waals surface area contributed by atoms with E-state index in [1.54, 1.807) is 6.20 Å². The third-order valence-electron chi connectivity index (χ3n) is 2.03. The Morgan fingerprint density at radius 1 is 1.40 bits per heavy atom. The highest BCUT2D eigenvalue weighted by Crippen LogP contribution is 2.17. The molecule has 1 aromatic rings. The van der Waals surface area contributed by atoms with E-state index in [2.05, 4.69) is 22.5 Å². The van der Waals surface area contributed by atoms with Crippen molar-refractivity contribution in [1.29, 1.82) is 0 Å². The van der Waals surface area contributed by atoms with E-state index < -0.39 is 0 Å². The first-order valence-corrected chi connectivity index (χ1v) is 5.74. The molecule has 0 aliphatic heterocycles.